The van der Waals surface area contributed by atoms with Crippen LogP contribution in [0.15, 0.2) is 72.8 Å². The Morgan fingerprint density at radius 3 is 2.30 bits per heavy atom. The van der Waals surface area contributed by atoms with Crippen LogP contribution in [0.25, 0.3) is 22.2 Å². The van der Waals surface area contributed by atoms with Crippen LogP contribution in [0.5, 0.6) is 0 Å². The zero-order chi connectivity index (χ0) is 22.9. The minimum absolute atomic E-state index is 0.0857. The molecule has 0 aliphatic carbocycles. The summed E-state index contributed by atoms with van der Waals surface area (Å²) in [4.78, 5) is 22.9. The molecule has 0 radical (unpaired) electrons. The number of anilines is 1. The van der Waals surface area contributed by atoms with E-state index in [9.17, 15) is 4.79 Å². The highest BCUT2D eigenvalue weighted by Gasteiger charge is 2.25. The topological polar surface area (TPSA) is 36.4 Å². The van der Waals surface area contributed by atoms with E-state index in [1.807, 2.05) is 35.2 Å². The summed E-state index contributed by atoms with van der Waals surface area (Å²) >= 11 is 0. The molecule has 0 unspecified atom stereocenters. The van der Waals surface area contributed by atoms with Crippen molar-refractivity contribution in [2.24, 2.45) is 0 Å². The summed E-state index contributed by atoms with van der Waals surface area (Å²) < 4.78 is 0. The van der Waals surface area contributed by atoms with Gasteiger partial charge in [-0.3, -0.25) is 4.79 Å². The van der Waals surface area contributed by atoms with E-state index in [1.54, 1.807) is 0 Å². The molecule has 5 rings (SSSR count). The lowest BCUT2D eigenvalue weighted by Gasteiger charge is -2.37. The Morgan fingerprint density at radius 1 is 0.818 bits per heavy atom. The molecule has 166 valence electrons. The van der Waals surface area contributed by atoms with Crippen molar-refractivity contribution >= 4 is 22.5 Å². The Kier molecular flexibility index (Phi) is 5.59. The highest BCUT2D eigenvalue weighted by Crippen LogP contribution is 2.28. The molecule has 1 fully saturated rings. The molecule has 0 spiro atoms. The Bertz CT molecular complexity index is 1320. The SMILES string of the molecule is Cc1ccc(-c2cc(C(=O)N3CCN(c4cccc(C)c4C)CC3)c3ccccc3n2)cc1. The van der Waals surface area contributed by atoms with Gasteiger partial charge in [0.2, 0.25) is 0 Å². The standard InChI is InChI=1S/C29H29N3O/c1-20-11-13-23(14-12-20)27-19-25(24-8-4-5-9-26(24)30-27)29(33)32-17-15-31(16-18-32)28-10-6-7-21(2)22(28)3/h4-14,19H,15-18H2,1-3H3. The molecule has 1 aliphatic rings. The van der Waals surface area contributed by atoms with Gasteiger partial charge in [0, 0.05) is 42.8 Å². The lowest BCUT2D eigenvalue weighted by Crippen LogP contribution is -2.49. The number of nitrogens with zero attached hydrogens (tertiary/aromatic N) is 3. The molecule has 0 saturated carbocycles. The molecule has 0 N–H and O–H groups in total. The second kappa shape index (κ2) is 8.70. The van der Waals surface area contributed by atoms with Crippen LogP contribution in [0.2, 0.25) is 0 Å². The van der Waals surface area contributed by atoms with Crippen LogP contribution in [0.1, 0.15) is 27.0 Å². The van der Waals surface area contributed by atoms with Crippen LogP contribution < -0.4 is 4.90 Å². The zero-order valence-electron chi connectivity index (χ0n) is 19.5. The van der Waals surface area contributed by atoms with E-state index in [4.69, 9.17) is 4.98 Å². The first kappa shape index (κ1) is 21.2. The van der Waals surface area contributed by atoms with E-state index >= 15 is 0 Å². The third-order valence-electron chi connectivity index (χ3n) is 6.78. The van der Waals surface area contributed by atoms with E-state index in [2.05, 4.69) is 68.1 Å². The van der Waals surface area contributed by atoms with Gasteiger partial charge in [0.15, 0.2) is 0 Å². The molecule has 4 nitrogen and oxygen atoms in total. The number of carbonyl (C=O) groups excluding carboxylic acids is 1. The number of piperazine rings is 1. The fraction of sp³-hybridized carbons (Fsp3) is 0.241. The first-order valence-corrected chi connectivity index (χ1v) is 11.6. The zero-order valence-corrected chi connectivity index (χ0v) is 19.5. The fourth-order valence-electron chi connectivity index (χ4n) is 4.62. The third kappa shape index (κ3) is 4.09. The van der Waals surface area contributed by atoms with Crippen LogP contribution in [-0.2, 0) is 0 Å². The number of para-hydroxylation sites is 1. The average Bonchev–Trinajstić information content (AvgIpc) is 2.85. The van der Waals surface area contributed by atoms with E-state index in [-0.39, 0.29) is 5.91 Å². The lowest BCUT2D eigenvalue weighted by atomic mass is 10.0. The first-order valence-electron chi connectivity index (χ1n) is 11.6. The number of hydrogen-bond acceptors (Lipinski definition) is 3. The van der Waals surface area contributed by atoms with E-state index < -0.39 is 0 Å². The molecule has 1 aliphatic heterocycles. The maximum absolute atomic E-state index is 13.7. The number of hydrogen-bond donors (Lipinski definition) is 0. The molecule has 2 heterocycles. The molecule has 0 atom stereocenters. The molecular weight excluding hydrogens is 406 g/mol. The van der Waals surface area contributed by atoms with Gasteiger partial charge in [-0.1, -0.05) is 60.2 Å². The van der Waals surface area contributed by atoms with Gasteiger partial charge >= 0.3 is 0 Å². The smallest absolute Gasteiger partial charge is 0.254 e. The maximum atomic E-state index is 13.7. The molecular formula is C29H29N3O. The lowest BCUT2D eigenvalue weighted by molar-refractivity contribution is 0.0748. The van der Waals surface area contributed by atoms with Crippen molar-refractivity contribution < 1.29 is 4.79 Å². The van der Waals surface area contributed by atoms with Crippen molar-refractivity contribution in [2.75, 3.05) is 31.1 Å². The van der Waals surface area contributed by atoms with Crippen LogP contribution in [0, 0.1) is 20.8 Å². The largest absolute Gasteiger partial charge is 0.368 e. The molecule has 33 heavy (non-hydrogen) atoms. The summed E-state index contributed by atoms with van der Waals surface area (Å²) in [7, 11) is 0. The Balaban J connectivity index is 1.44. The maximum Gasteiger partial charge on any atom is 0.254 e. The van der Waals surface area contributed by atoms with Gasteiger partial charge in [0.25, 0.3) is 5.91 Å². The quantitative estimate of drug-likeness (QED) is 0.409. The highest BCUT2D eigenvalue weighted by molar-refractivity contribution is 6.07. The average molecular weight is 436 g/mol. The number of amides is 1. The van der Waals surface area contributed by atoms with Gasteiger partial charge in [-0.05, 0) is 50.1 Å². The fourth-order valence-corrected chi connectivity index (χ4v) is 4.62. The number of rotatable bonds is 3. The monoisotopic (exact) mass is 435 g/mol. The van der Waals surface area contributed by atoms with Gasteiger partial charge in [0.1, 0.15) is 0 Å². The van der Waals surface area contributed by atoms with Crippen LogP contribution >= 0.6 is 0 Å². The molecule has 1 saturated heterocycles. The number of pyridine rings is 1. The van der Waals surface area contributed by atoms with Crippen molar-refractivity contribution in [2.45, 2.75) is 20.8 Å². The number of aryl methyl sites for hydroxylation is 2. The molecule has 4 heteroatoms. The van der Waals surface area contributed by atoms with Crippen LogP contribution in [0.3, 0.4) is 0 Å². The molecule has 3 aromatic carbocycles. The second-order valence-corrected chi connectivity index (χ2v) is 8.94. The van der Waals surface area contributed by atoms with Gasteiger partial charge in [-0.15, -0.1) is 0 Å². The number of fused-ring (bicyclic) bond motifs is 1. The highest BCUT2D eigenvalue weighted by atomic mass is 16.2. The minimum atomic E-state index is 0.0857. The molecule has 0 bridgehead atoms. The Morgan fingerprint density at radius 2 is 1.55 bits per heavy atom. The van der Waals surface area contributed by atoms with Crippen molar-refractivity contribution in [1.82, 2.24) is 9.88 Å². The molecule has 1 amide bonds. The predicted molar refractivity (Wildman–Crippen MR) is 136 cm³/mol. The minimum Gasteiger partial charge on any atom is -0.368 e. The van der Waals surface area contributed by atoms with Gasteiger partial charge in [0.05, 0.1) is 16.8 Å². The Hall–Kier alpha value is -3.66. The van der Waals surface area contributed by atoms with E-state index in [0.29, 0.717) is 13.1 Å². The summed E-state index contributed by atoms with van der Waals surface area (Å²) in [6.45, 7) is 9.50. The van der Waals surface area contributed by atoms with Crippen molar-refractivity contribution in [3.05, 3.63) is 95.1 Å². The normalized spacial score (nSPS) is 14.0. The second-order valence-electron chi connectivity index (χ2n) is 8.94. The van der Waals surface area contributed by atoms with Gasteiger partial charge in [-0.25, -0.2) is 4.98 Å². The summed E-state index contributed by atoms with van der Waals surface area (Å²) in [6, 6.07) is 24.7. The van der Waals surface area contributed by atoms with Gasteiger partial charge < -0.3 is 9.80 Å². The number of benzene rings is 3. The van der Waals surface area contributed by atoms with Crippen LogP contribution in [0.4, 0.5) is 5.69 Å². The summed E-state index contributed by atoms with van der Waals surface area (Å²) in [5.74, 6) is 0.0857. The van der Waals surface area contributed by atoms with E-state index in [1.165, 1.54) is 22.4 Å². The summed E-state index contributed by atoms with van der Waals surface area (Å²) in [5.41, 5.74) is 8.56. The molecule has 1 aromatic heterocycles. The first-order chi connectivity index (χ1) is 16.0. The van der Waals surface area contributed by atoms with Crippen molar-refractivity contribution in [1.29, 1.82) is 0 Å². The summed E-state index contributed by atoms with van der Waals surface area (Å²) in [6.07, 6.45) is 0. The third-order valence-corrected chi connectivity index (χ3v) is 6.78. The number of carbonyl (C=O) groups is 1. The van der Waals surface area contributed by atoms with E-state index in [0.717, 1.165) is 40.8 Å². The van der Waals surface area contributed by atoms with Crippen LogP contribution in [-0.4, -0.2) is 42.0 Å². The van der Waals surface area contributed by atoms with Gasteiger partial charge in [-0.2, -0.15) is 0 Å². The van der Waals surface area contributed by atoms with Crippen molar-refractivity contribution in [3.8, 4) is 11.3 Å². The summed E-state index contributed by atoms with van der Waals surface area (Å²) in [5, 5.41) is 0.912. The Labute approximate surface area is 195 Å². The number of aromatic nitrogens is 1. The van der Waals surface area contributed by atoms with Crippen molar-refractivity contribution in [3.63, 3.8) is 0 Å². The predicted octanol–water partition coefficient (Wildman–Crippen LogP) is 5.79. The molecule has 4 aromatic rings.